The molecule has 1 aliphatic rings. The Bertz CT molecular complexity index is 405. The molecule has 1 aromatic rings. The highest BCUT2D eigenvalue weighted by Crippen LogP contribution is 2.07. The van der Waals surface area contributed by atoms with Gasteiger partial charge in [0.25, 0.3) is 0 Å². The Morgan fingerprint density at radius 1 is 1.47 bits per heavy atom. The number of halogens is 1. The third-order valence-electron chi connectivity index (χ3n) is 3.45. The van der Waals surface area contributed by atoms with Crippen molar-refractivity contribution >= 4 is 5.78 Å². The third-order valence-corrected chi connectivity index (χ3v) is 3.45. The first-order valence-corrected chi connectivity index (χ1v) is 6.28. The number of nitrogens with one attached hydrogen (secondary N) is 1. The van der Waals surface area contributed by atoms with Crippen molar-refractivity contribution in [2.75, 3.05) is 19.6 Å². The smallest absolute Gasteiger partial charge is 0.219 e. The first-order chi connectivity index (χ1) is 8.16. The number of rotatable bonds is 3. The molecule has 1 N–H and O–H groups in total. The quantitative estimate of drug-likeness (QED) is 0.785. The minimum Gasteiger partial charge on any atom is -0.328 e. The van der Waals surface area contributed by atoms with Crippen molar-refractivity contribution in [1.29, 1.82) is 0 Å². The van der Waals surface area contributed by atoms with Crippen LogP contribution in [0.5, 0.6) is 0 Å². The van der Waals surface area contributed by atoms with Crippen molar-refractivity contribution in [1.82, 2.24) is 0 Å². The molecule has 0 amide bonds. The molecule has 0 radical (unpaired) electrons. The van der Waals surface area contributed by atoms with Gasteiger partial charge in [0.15, 0.2) is 0 Å². The molecule has 1 saturated heterocycles. The van der Waals surface area contributed by atoms with E-state index >= 15 is 0 Å². The lowest BCUT2D eigenvalue weighted by Crippen LogP contribution is -3.14. The van der Waals surface area contributed by atoms with E-state index in [9.17, 15) is 9.18 Å². The number of hydrogen-bond donors (Lipinski definition) is 1. The Morgan fingerprint density at radius 2 is 2.24 bits per heavy atom. The number of Topliss-reactive ketones (excluding diaryl/α,β-unsaturated/α-hetero) is 1. The van der Waals surface area contributed by atoms with Crippen LogP contribution in [0, 0.1) is 11.7 Å². The second kappa shape index (κ2) is 5.41. The maximum atomic E-state index is 13.4. The van der Waals surface area contributed by atoms with Gasteiger partial charge in [-0.25, -0.2) is 4.39 Å². The molecule has 0 aromatic heterocycles. The number of benzene rings is 1. The van der Waals surface area contributed by atoms with Crippen molar-refractivity contribution in [3.8, 4) is 0 Å². The number of carbonyl (C=O) groups is 1. The highest BCUT2D eigenvalue weighted by atomic mass is 19.1. The normalized spacial score (nSPS) is 24.6. The number of ketones is 1. The van der Waals surface area contributed by atoms with Gasteiger partial charge in [-0.05, 0) is 25.0 Å². The van der Waals surface area contributed by atoms with Crippen molar-refractivity contribution in [2.45, 2.75) is 19.8 Å². The molecule has 0 spiro atoms. The zero-order chi connectivity index (χ0) is 12.3. The summed E-state index contributed by atoms with van der Waals surface area (Å²) in [5, 5.41) is 0. The fourth-order valence-electron chi connectivity index (χ4n) is 2.57. The van der Waals surface area contributed by atoms with E-state index in [4.69, 9.17) is 0 Å². The average molecular weight is 236 g/mol. The molecule has 17 heavy (non-hydrogen) atoms. The number of quaternary nitrogens is 1. The van der Waals surface area contributed by atoms with E-state index in [1.165, 1.54) is 23.8 Å². The summed E-state index contributed by atoms with van der Waals surface area (Å²) in [5.74, 6) is 0.196. The maximum absolute atomic E-state index is 13.4. The first kappa shape index (κ1) is 12.2. The maximum Gasteiger partial charge on any atom is 0.219 e. The van der Waals surface area contributed by atoms with Crippen molar-refractivity contribution in [2.24, 2.45) is 5.92 Å². The topological polar surface area (TPSA) is 21.5 Å². The fourth-order valence-corrected chi connectivity index (χ4v) is 2.57. The summed E-state index contributed by atoms with van der Waals surface area (Å²) < 4.78 is 13.4. The minimum absolute atomic E-state index is 0.0767. The highest BCUT2D eigenvalue weighted by molar-refractivity contribution is 5.97. The molecule has 1 heterocycles. The summed E-state index contributed by atoms with van der Waals surface area (Å²) in [6.07, 6.45) is 2.42. The van der Waals surface area contributed by atoms with E-state index < -0.39 is 5.82 Å². The molecule has 92 valence electrons. The molecule has 1 aromatic carbocycles. The molecule has 2 nitrogen and oxygen atoms in total. The minimum atomic E-state index is -0.401. The molecular formula is C14H19FNO+. The van der Waals surface area contributed by atoms with Crippen molar-refractivity contribution in [3.63, 3.8) is 0 Å². The van der Waals surface area contributed by atoms with Crippen molar-refractivity contribution in [3.05, 3.63) is 35.6 Å². The molecule has 0 aliphatic carbocycles. The van der Waals surface area contributed by atoms with E-state index in [0.29, 0.717) is 12.5 Å². The van der Waals surface area contributed by atoms with Crippen molar-refractivity contribution < 1.29 is 14.1 Å². The molecule has 3 heteroatoms. The Kier molecular flexibility index (Phi) is 3.89. The predicted molar refractivity (Wildman–Crippen MR) is 64.7 cm³/mol. The number of hydrogen-bond acceptors (Lipinski definition) is 1. The van der Waals surface area contributed by atoms with E-state index in [-0.39, 0.29) is 11.3 Å². The summed E-state index contributed by atoms with van der Waals surface area (Å²) in [7, 11) is 0. The Hall–Kier alpha value is -1.22. The molecule has 1 unspecified atom stereocenters. The van der Waals surface area contributed by atoms with Gasteiger partial charge in [0.2, 0.25) is 5.78 Å². The van der Waals surface area contributed by atoms with Crippen LogP contribution in [0.1, 0.15) is 30.1 Å². The number of likely N-dealkylation sites (tertiary alicyclic amines) is 1. The molecule has 0 saturated carbocycles. The SMILES string of the molecule is C[C@H]1CCC[NH+](CC(=O)c2ccccc2F)C1. The Labute approximate surface area is 101 Å². The van der Waals surface area contributed by atoms with E-state index in [0.717, 1.165) is 13.1 Å². The molecule has 2 atom stereocenters. The second-order valence-electron chi connectivity index (χ2n) is 5.03. The van der Waals surface area contributed by atoms with Gasteiger partial charge in [0, 0.05) is 5.92 Å². The van der Waals surface area contributed by atoms with Gasteiger partial charge in [0.05, 0.1) is 18.7 Å². The van der Waals surface area contributed by atoms with Gasteiger partial charge in [-0.2, -0.15) is 0 Å². The molecule has 0 bridgehead atoms. The van der Waals surface area contributed by atoms with Crippen LogP contribution in [-0.4, -0.2) is 25.4 Å². The van der Waals surface area contributed by atoms with E-state index in [1.54, 1.807) is 18.2 Å². The molecule has 2 rings (SSSR count). The van der Waals surface area contributed by atoms with Crippen LogP contribution in [0.15, 0.2) is 24.3 Å². The lowest BCUT2D eigenvalue weighted by atomic mass is 9.99. The molecular weight excluding hydrogens is 217 g/mol. The lowest BCUT2D eigenvalue weighted by molar-refractivity contribution is -0.900. The summed E-state index contributed by atoms with van der Waals surface area (Å²) in [6.45, 7) is 4.70. The number of carbonyl (C=O) groups excluding carboxylic acids is 1. The van der Waals surface area contributed by atoms with Gasteiger partial charge >= 0.3 is 0 Å². The third kappa shape index (κ3) is 3.13. The second-order valence-corrected chi connectivity index (χ2v) is 5.03. The summed E-state index contributed by atoms with van der Waals surface area (Å²) in [4.78, 5) is 13.3. The van der Waals surface area contributed by atoms with Gasteiger partial charge in [0.1, 0.15) is 12.4 Å². The zero-order valence-corrected chi connectivity index (χ0v) is 10.2. The van der Waals surface area contributed by atoms with Crippen LogP contribution in [0.4, 0.5) is 4.39 Å². The van der Waals surface area contributed by atoms with Gasteiger partial charge in [-0.15, -0.1) is 0 Å². The standard InChI is InChI=1S/C14H18FNO/c1-11-5-4-8-16(9-11)10-14(17)12-6-2-3-7-13(12)15/h2-3,6-7,11H,4-5,8-10H2,1H3/p+1/t11-/m0/s1. The average Bonchev–Trinajstić information content (AvgIpc) is 2.29. The van der Waals surface area contributed by atoms with E-state index in [1.807, 2.05) is 0 Å². The first-order valence-electron chi connectivity index (χ1n) is 6.28. The summed E-state index contributed by atoms with van der Waals surface area (Å²) in [5.41, 5.74) is 0.234. The Balaban J connectivity index is 1.99. The van der Waals surface area contributed by atoms with Crippen LogP contribution >= 0.6 is 0 Å². The predicted octanol–water partition coefficient (Wildman–Crippen LogP) is 1.32. The van der Waals surface area contributed by atoms with Crippen LogP contribution in [-0.2, 0) is 0 Å². The molecule has 1 fully saturated rings. The summed E-state index contributed by atoms with van der Waals surface area (Å²) >= 11 is 0. The van der Waals surface area contributed by atoms with E-state index in [2.05, 4.69) is 6.92 Å². The Morgan fingerprint density at radius 3 is 2.94 bits per heavy atom. The lowest BCUT2D eigenvalue weighted by Gasteiger charge is -2.27. The van der Waals surface area contributed by atoms with Crippen LogP contribution < -0.4 is 4.90 Å². The summed E-state index contributed by atoms with van der Waals surface area (Å²) in [6, 6.07) is 6.25. The van der Waals surface area contributed by atoms with Gasteiger partial charge in [-0.1, -0.05) is 19.1 Å². The number of piperidine rings is 1. The fraction of sp³-hybridized carbons (Fsp3) is 0.500. The van der Waals surface area contributed by atoms with Gasteiger partial charge < -0.3 is 4.90 Å². The van der Waals surface area contributed by atoms with Gasteiger partial charge in [-0.3, -0.25) is 4.79 Å². The zero-order valence-electron chi connectivity index (χ0n) is 10.2. The monoisotopic (exact) mass is 236 g/mol. The largest absolute Gasteiger partial charge is 0.328 e. The highest BCUT2D eigenvalue weighted by Gasteiger charge is 2.23. The van der Waals surface area contributed by atoms with Crippen LogP contribution in [0.3, 0.4) is 0 Å². The van der Waals surface area contributed by atoms with Crippen LogP contribution in [0.25, 0.3) is 0 Å². The molecule has 1 aliphatic heterocycles. The van der Waals surface area contributed by atoms with Crippen LogP contribution in [0.2, 0.25) is 0 Å².